The zero-order valence-corrected chi connectivity index (χ0v) is 13.5. The molecular weight excluding hydrogens is 307 g/mol. The summed E-state index contributed by atoms with van der Waals surface area (Å²) in [4.78, 5) is 23.0. The highest BCUT2D eigenvalue weighted by Gasteiger charge is 2.15. The van der Waals surface area contributed by atoms with E-state index in [1.165, 1.54) is 18.6 Å². The van der Waals surface area contributed by atoms with E-state index in [9.17, 15) is 9.18 Å². The lowest BCUT2D eigenvalue weighted by Gasteiger charge is -2.26. The van der Waals surface area contributed by atoms with Crippen LogP contribution >= 0.6 is 0 Å². The molecule has 0 atom stereocenters. The molecule has 1 saturated heterocycles. The van der Waals surface area contributed by atoms with Crippen LogP contribution < -0.4 is 10.2 Å². The van der Waals surface area contributed by atoms with Crippen LogP contribution in [0.5, 0.6) is 0 Å². The first-order chi connectivity index (χ1) is 11.7. The Morgan fingerprint density at radius 3 is 2.62 bits per heavy atom. The lowest BCUT2D eigenvalue weighted by Crippen LogP contribution is -2.32. The summed E-state index contributed by atoms with van der Waals surface area (Å²) in [5, 5.41) is 2.85. The van der Waals surface area contributed by atoms with Crippen molar-refractivity contribution >= 4 is 11.9 Å². The number of benzene rings is 1. The molecule has 2 aromatic rings. The first-order valence-electron chi connectivity index (χ1n) is 8.33. The largest absolute Gasteiger partial charge is 0.350 e. The summed E-state index contributed by atoms with van der Waals surface area (Å²) in [5.41, 5.74) is 1.36. The average molecular weight is 328 g/mol. The zero-order chi connectivity index (χ0) is 16.8. The predicted octanol–water partition coefficient (Wildman–Crippen LogP) is 2.58. The molecule has 2 heterocycles. The summed E-state index contributed by atoms with van der Waals surface area (Å²) in [6.07, 6.45) is 5.79. The molecular formula is C18H21FN4O. The number of halogens is 1. The summed E-state index contributed by atoms with van der Waals surface area (Å²) >= 11 is 0. The van der Waals surface area contributed by atoms with Crippen LogP contribution in [0.15, 0.2) is 36.5 Å². The number of nitrogens with one attached hydrogen (secondary N) is 1. The number of rotatable bonds is 5. The topological polar surface area (TPSA) is 58.1 Å². The number of piperidine rings is 1. The van der Waals surface area contributed by atoms with Gasteiger partial charge in [0.05, 0.1) is 0 Å². The molecule has 0 unspecified atom stereocenters. The number of anilines is 1. The lowest BCUT2D eigenvalue weighted by atomic mass is 10.1. The number of nitrogens with zero attached hydrogens (tertiary/aromatic N) is 3. The maximum atomic E-state index is 12.9. The second kappa shape index (κ2) is 7.86. The molecule has 24 heavy (non-hydrogen) atoms. The third kappa shape index (κ3) is 4.28. The molecule has 6 heteroatoms. The van der Waals surface area contributed by atoms with Gasteiger partial charge in [-0.25, -0.2) is 14.4 Å². The number of amides is 1. The van der Waals surface area contributed by atoms with Gasteiger partial charge in [0, 0.05) is 25.8 Å². The first-order valence-corrected chi connectivity index (χ1v) is 8.33. The fourth-order valence-electron chi connectivity index (χ4n) is 2.78. The van der Waals surface area contributed by atoms with Crippen molar-refractivity contribution in [2.75, 3.05) is 24.5 Å². The number of hydrogen-bond donors (Lipinski definition) is 1. The Morgan fingerprint density at radius 1 is 1.12 bits per heavy atom. The minimum absolute atomic E-state index is 0.210. The molecule has 0 aliphatic carbocycles. The molecule has 0 radical (unpaired) electrons. The second-order valence-corrected chi connectivity index (χ2v) is 5.92. The number of aromatic nitrogens is 2. The lowest BCUT2D eigenvalue weighted by molar-refractivity contribution is 0.0949. The number of hydrogen-bond acceptors (Lipinski definition) is 4. The third-order valence-electron chi connectivity index (χ3n) is 4.13. The zero-order valence-electron chi connectivity index (χ0n) is 13.5. The van der Waals surface area contributed by atoms with E-state index >= 15 is 0 Å². The maximum absolute atomic E-state index is 12.9. The molecule has 1 aromatic carbocycles. The molecule has 5 nitrogen and oxygen atoms in total. The van der Waals surface area contributed by atoms with E-state index in [0.29, 0.717) is 24.6 Å². The Morgan fingerprint density at radius 2 is 1.88 bits per heavy atom. The van der Waals surface area contributed by atoms with Crippen molar-refractivity contribution in [3.8, 4) is 0 Å². The minimum atomic E-state index is -0.256. The Labute approximate surface area is 140 Å². The van der Waals surface area contributed by atoms with Gasteiger partial charge in [0.25, 0.3) is 5.91 Å². The van der Waals surface area contributed by atoms with Crippen LogP contribution in [0.2, 0.25) is 0 Å². The van der Waals surface area contributed by atoms with E-state index < -0.39 is 0 Å². The van der Waals surface area contributed by atoms with Crippen molar-refractivity contribution in [3.05, 3.63) is 53.6 Å². The van der Waals surface area contributed by atoms with Crippen LogP contribution in [-0.4, -0.2) is 35.5 Å². The van der Waals surface area contributed by atoms with Gasteiger partial charge >= 0.3 is 0 Å². The Balaban J connectivity index is 1.55. The van der Waals surface area contributed by atoms with Gasteiger partial charge in [0.15, 0.2) is 0 Å². The van der Waals surface area contributed by atoms with Crippen molar-refractivity contribution in [2.45, 2.75) is 25.7 Å². The summed E-state index contributed by atoms with van der Waals surface area (Å²) in [7, 11) is 0. The molecule has 0 spiro atoms. The second-order valence-electron chi connectivity index (χ2n) is 5.92. The summed E-state index contributed by atoms with van der Waals surface area (Å²) in [6, 6.07) is 7.92. The molecule has 1 N–H and O–H groups in total. The molecule has 3 rings (SSSR count). The summed E-state index contributed by atoms with van der Waals surface area (Å²) < 4.78 is 12.9. The fourth-order valence-corrected chi connectivity index (χ4v) is 2.78. The van der Waals surface area contributed by atoms with Gasteiger partial charge in [0.1, 0.15) is 11.5 Å². The Kier molecular flexibility index (Phi) is 5.36. The van der Waals surface area contributed by atoms with Crippen LogP contribution in [0, 0.1) is 5.82 Å². The van der Waals surface area contributed by atoms with Gasteiger partial charge in [-0.15, -0.1) is 0 Å². The van der Waals surface area contributed by atoms with Crippen LogP contribution in [-0.2, 0) is 6.42 Å². The molecule has 1 aromatic heterocycles. The van der Waals surface area contributed by atoms with E-state index in [1.54, 1.807) is 24.4 Å². The first kappa shape index (κ1) is 16.4. The molecule has 0 bridgehead atoms. The van der Waals surface area contributed by atoms with E-state index in [1.807, 2.05) is 0 Å². The van der Waals surface area contributed by atoms with E-state index in [0.717, 1.165) is 31.5 Å². The molecule has 1 aliphatic heterocycles. The quantitative estimate of drug-likeness (QED) is 0.916. The van der Waals surface area contributed by atoms with Crippen LogP contribution in [0.25, 0.3) is 0 Å². The van der Waals surface area contributed by atoms with Crippen LogP contribution in [0.1, 0.15) is 35.3 Å². The molecule has 1 aliphatic rings. The maximum Gasteiger partial charge on any atom is 0.270 e. The van der Waals surface area contributed by atoms with Gasteiger partial charge < -0.3 is 10.2 Å². The van der Waals surface area contributed by atoms with Gasteiger partial charge in [-0.05, 0) is 49.4 Å². The highest BCUT2D eigenvalue weighted by molar-refractivity contribution is 5.92. The van der Waals surface area contributed by atoms with E-state index in [2.05, 4.69) is 20.2 Å². The van der Waals surface area contributed by atoms with Gasteiger partial charge in [-0.3, -0.25) is 4.79 Å². The Hall–Kier alpha value is -2.50. The fraction of sp³-hybridized carbons (Fsp3) is 0.389. The Bertz CT molecular complexity index is 684. The average Bonchev–Trinajstić information content (AvgIpc) is 2.64. The molecule has 1 fully saturated rings. The highest BCUT2D eigenvalue weighted by atomic mass is 19.1. The normalized spacial score (nSPS) is 14.5. The van der Waals surface area contributed by atoms with Gasteiger partial charge in [-0.2, -0.15) is 0 Å². The number of carbonyl (C=O) groups excluding carboxylic acids is 1. The molecule has 126 valence electrons. The van der Waals surface area contributed by atoms with Crippen LogP contribution in [0.3, 0.4) is 0 Å². The monoisotopic (exact) mass is 328 g/mol. The van der Waals surface area contributed by atoms with Crippen molar-refractivity contribution in [2.24, 2.45) is 0 Å². The standard InChI is InChI=1S/C18H21FN4O/c19-15-6-4-14(5-7-15)8-10-20-17(24)16-9-11-21-18(22-16)23-12-2-1-3-13-23/h4-7,9,11H,1-3,8,10,12-13H2,(H,20,24). The summed E-state index contributed by atoms with van der Waals surface area (Å²) in [5.74, 6) is 0.160. The minimum Gasteiger partial charge on any atom is -0.350 e. The predicted molar refractivity (Wildman–Crippen MR) is 90.5 cm³/mol. The van der Waals surface area contributed by atoms with Crippen molar-refractivity contribution < 1.29 is 9.18 Å². The van der Waals surface area contributed by atoms with Gasteiger partial charge in [0.2, 0.25) is 5.95 Å². The SMILES string of the molecule is O=C(NCCc1ccc(F)cc1)c1ccnc(N2CCCCC2)n1. The van der Waals surface area contributed by atoms with Gasteiger partial charge in [-0.1, -0.05) is 12.1 Å². The smallest absolute Gasteiger partial charge is 0.270 e. The highest BCUT2D eigenvalue weighted by Crippen LogP contribution is 2.15. The van der Waals surface area contributed by atoms with Crippen molar-refractivity contribution in [1.29, 1.82) is 0 Å². The van der Waals surface area contributed by atoms with Crippen molar-refractivity contribution in [3.63, 3.8) is 0 Å². The number of carbonyl (C=O) groups is 1. The van der Waals surface area contributed by atoms with Crippen LogP contribution in [0.4, 0.5) is 10.3 Å². The molecule has 1 amide bonds. The van der Waals surface area contributed by atoms with Crippen molar-refractivity contribution in [1.82, 2.24) is 15.3 Å². The van der Waals surface area contributed by atoms with E-state index in [-0.39, 0.29) is 11.7 Å². The third-order valence-corrected chi connectivity index (χ3v) is 4.13. The molecule has 0 saturated carbocycles. The summed E-state index contributed by atoms with van der Waals surface area (Å²) in [6.45, 7) is 2.36. The van der Waals surface area contributed by atoms with E-state index in [4.69, 9.17) is 0 Å².